The van der Waals surface area contributed by atoms with Crippen LogP contribution in [0, 0.1) is 0 Å². The Bertz CT molecular complexity index is 568. The number of hydrogen-bond acceptors (Lipinski definition) is 4. The van der Waals surface area contributed by atoms with Crippen LogP contribution < -0.4 is 4.74 Å². The molecule has 1 atom stereocenters. The summed E-state index contributed by atoms with van der Waals surface area (Å²) in [7, 11) is 0. The van der Waals surface area contributed by atoms with Crippen molar-refractivity contribution in [3.05, 3.63) is 34.9 Å². The first-order valence-electron chi connectivity index (χ1n) is 8.15. The molecule has 0 spiro atoms. The van der Waals surface area contributed by atoms with Crippen LogP contribution in [0.4, 0.5) is 0 Å². The van der Waals surface area contributed by atoms with Crippen molar-refractivity contribution in [2.24, 2.45) is 0 Å². The summed E-state index contributed by atoms with van der Waals surface area (Å²) in [5.41, 5.74) is 0.958. The first-order chi connectivity index (χ1) is 11.1. The number of unbranched alkanes of at least 4 members (excludes halogenated alkanes) is 5. The summed E-state index contributed by atoms with van der Waals surface area (Å²) in [6, 6.07) is 5.22. The van der Waals surface area contributed by atoms with Crippen molar-refractivity contribution in [3.63, 3.8) is 0 Å². The highest BCUT2D eigenvalue weighted by molar-refractivity contribution is 6.32. The van der Waals surface area contributed by atoms with Gasteiger partial charge in [-0.25, -0.2) is 4.79 Å². The number of esters is 1. The maximum Gasteiger partial charge on any atom is 0.333 e. The van der Waals surface area contributed by atoms with Crippen molar-refractivity contribution in [3.8, 4) is 5.75 Å². The number of rotatable bonds is 9. The normalized spacial score (nSPS) is 17.1. The number of hydrogen-bond donors (Lipinski definition) is 1. The average molecular weight is 339 g/mol. The lowest BCUT2D eigenvalue weighted by Crippen LogP contribution is -2.09. The highest BCUT2D eigenvalue weighted by atomic mass is 35.5. The summed E-state index contributed by atoms with van der Waals surface area (Å²) in [5, 5.41) is 10.1. The first-order valence-corrected chi connectivity index (χ1v) is 8.52. The Morgan fingerprint density at radius 2 is 1.96 bits per heavy atom. The Morgan fingerprint density at radius 1 is 1.22 bits per heavy atom. The molecule has 1 aromatic carbocycles. The Labute approximate surface area is 142 Å². The van der Waals surface area contributed by atoms with Crippen LogP contribution in [-0.2, 0) is 9.53 Å². The lowest BCUT2D eigenvalue weighted by molar-refractivity contribution is -0.149. The molecule has 1 heterocycles. The van der Waals surface area contributed by atoms with E-state index in [2.05, 4.69) is 11.7 Å². The quantitative estimate of drug-likeness (QED) is 0.537. The van der Waals surface area contributed by atoms with E-state index >= 15 is 0 Å². The fraction of sp³-hybridized carbons (Fsp3) is 0.500. The molecule has 0 saturated carbocycles. The molecule has 1 aromatic rings. The molecule has 4 nitrogen and oxygen atoms in total. The molecule has 1 aliphatic rings. The van der Waals surface area contributed by atoms with E-state index in [9.17, 15) is 9.90 Å². The minimum Gasteiger partial charge on any atom is -0.494 e. The van der Waals surface area contributed by atoms with Crippen molar-refractivity contribution in [1.29, 1.82) is 0 Å². The highest BCUT2D eigenvalue weighted by Crippen LogP contribution is 2.32. The van der Waals surface area contributed by atoms with Gasteiger partial charge in [0, 0.05) is 17.2 Å². The molecule has 126 valence electrons. The van der Waals surface area contributed by atoms with Gasteiger partial charge in [-0.3, -0.25) is 0 Å². The predicted octanol–water partition coefficient (Wildman–Crippen LogP) is 4.34. The van der Waals surface area contributed by atoms with Crippen LogP contribution in [0.5, 0.6) is 5.75 Å². The van der Waals surface area contributed by atoms with Crippen LogP contribution >= 0.6 is 11.6 Å². The molecule has 0 aliphatic carbocycles. The van der Waals surface area contributed by atoms with Gasteiger partial charge in [-0.2, -0.15) is 0 Å². The van der Waals surface area contributed by atoms with Gasteiger partial charge in [0.05, 0.1) is 11.6 Å². The number of benzene rings is 1. The van der Waals surface area contributed by atoms with Crippen LogP contribution in [0.2, 0.25) is 5.02 Å². The number of halogens is 1. The summed E-state index contributed by atoms with van der Waals surface area (Å²) in [6.07, 6.45) is 7.28. The van der Waals surface area contributed by atoms with E-state index < -0.39 is 12.3 Å². The molecule has 0 aromatic heterocycles. The van der Waals surface area contributed by atoms with E-state index in [4.69, 9.17) is 16.3 Å². The van der Waals surface area contributed by atoms with Crippen LogP contribution in [0.3, 0.4) is 0 Å². The summed E-state index contributed by atoms with van der Waals surface area (Å²) in [4.78, 5) is 11.2. The second-order valence-corrected chi connectivity index (χ2v) is 6.05. The number of aliphatic hydroxyl groups excluding tert-OH is 1. The molecule has 2 rings (SSSR count). The van der Waals surface area contributed by atoms with Gasteiger partial charge >= 0.3 is 5.97 Å². The molecule has 1 unspecified atom stereocenters. The Kier molecular flexibility index (Phi) is 6.93. The molecule has 1 N–H and O–H groups in total. The SMILES string of the molecule is CCCCCCCCOc1ccc(C2=CC(=O)OC2O)c(Cl)c1. The van der Waals surface area contributed by atoms with Crippen molar-refractivity contribution < 1.29 is 19.4 Å². The third-order valence-corrected chi connectivity index (χ3v) is 4.10. The minimum absolute atomic E-state index is 0.377. The zero-order valence-electron chi connectivity index (χ0n) is 13.4. The van der Waals surface area contributed by atoms with Gasteiger partial charge in [0.1, 0.15) is 5.75 Å². The second-order valence-electron chi connectivity index (χ2n) is 5.65. The van der Waals surface area contributed by atoms with Gasteiger partial charge in [0.25, 0.3) is 0 Å². The second kappa shape index (κ2) is 8.94. The minimum atomic E-state index is -1.25. The molecule has 23 heavy (non-hydrogen) atoms. The van der Waals surface area contributed by atoms with Crippen molar-refractivity contribution >= 4 is 23.1 Å². The molecule has 0 radical (unpaired) electrons. The fourth-order valence-electron chi connectivity index (χ4n) is 2.51. The molecule has 5 heteroatoms. The Hall–Kier alpha value is -1.52. The third-order valence-electron chi connectivity index (χ3n) is 3.79. The monoisotopic (exact) mass is 338 g/mol. The largest absolute Gasteiger partial charge is 0.494 e. The van der Waals surface area contributed by atoms with Crippen LogP contribution in [0.1, 0.15) is 51.0 Å². The first kappa shape index (κ1) is 17.8. The van der Waals surface area contributed by atoms with Gasteiger partial charge < -0.3 is 14.6 Å². The molecule has 0 saturated heterocycles. The number of aliphatic hydroxyl groups is 1. The zero-order valence-corrected chi connectivity index (χ0v) is 14.1. The molecule has 0 amide bonds. The summed E-state index contributed by atoms with van der Waals surface area (Å²) in [6.45, 7) is 2.87. The molecule has 1 aliphatic heterocycles. The molecule has 0 bridgehead atoms. The number of ether oxygens (including phenoxy) is 2. The van der Waals surface area contributed by atoms with Gasteiger partial charge in [0.2, 0.25) is 6.29 Å². The van der Waals surface area contributed by atoms with Gasteiger partial charge in [-0.1, -0.05) is 50.6 Å². The van der Waals surface area contributed by atoms with Gasteiger partial charge in [-0.15, -0.1) is 0 Å². The molecule has 0 fully saturated rings. The maximum absolute atomic E-state index is 11.2. The van der Waals surface area contributed by atoms with E-state index in [1.165, 1.54) is 38.2 Å². The maximum atomic E-state index is 11.2. The van der Waals surface area contributed by atoms with E-state index in [0.717, 1.165) is 6.42 Å². The van der Waals surface area contributed by atoms with Crippen LogP contribution in [-0.4, -0.2) is 24.0 Å². The smallest absolute Gasteiger partial charge is 0.333 e. The van der Waals surface area contributed by atoms with E-state index in [1.807, 2.05) is 0 Å². The summed E-state index contributed by atoms with van der Waals surface area (Å²) < 4.78 is 10.4. The zero-order chi connectivity index (χ0) is 16.7. The number of carbonyl (C=O) groups is 1. The average Bonchev–Trinajstić information content (AvgIpc) is 2.85. The van der Waals surface area contributed by atoms with Gasteiger partial charge in [0.15, 0.2) is 0 Å². The number of carbonyl (C=O) groups excluding carboxylic acids is 1. The van der Waals surface area contributed by atoms with Crippen LogP contribution in [0.15, 0.2) is 24.3 Å². The Balaban J connectivity index is 1.83. The lowest BCUT2D eigenvalue weighted by atomic mass is 10.1. The summed E-state index contributed by atoms with van der Waals surface area (Å²) in [5.74, 6) is 0.125. The molecular weight excluding hydrogens is 316 g/mol. The van der Waals surface area contributed by atoms with Crippen molar-refractivity contribution in [2.75, 3.05) is 6.61 Å². The van der Waals surface area contributed by atoms with Crippen LogP contribution in [0.25, 0.3) is 5.57 Å². The Morgan fingerprint density at radius 3 is 2.61 bits per heavy atom. The fourth-order valence-corrected chi connectivity index (χ4v) is 2.79. The summed E-state index contributed by atoms with van der Waals surface area (Å²) >= 11 is 6.22. The predicted molar refractivity (Wildman–Crippen MR) is 90.4 cm³/mol. The van der Waals surface area contributed by atoms with Crippen molar-refractivity contribution in [2.45, 2.75) is 51.7 Å². The highest BCUT2D eigenvalue weighted by Gasteiger charge is 2.26. The van der Waals surface area contributed by atoms with E-state index in [1.54, 1.807) is 18.2 Å². The van der Waals surface area contributed by atoms with E-state index in [-0.39, 0.29) is 0 Å². The standard InChI is InChI=1S/C18H23ClO4/c1-2-3-4-5-6-7-10-22-13-8-9-14(16(19)11-13)15-12-17(20)23-18(15)21/h8-9,11-12,18,21H,2-7,10H2,1H3. The molecular formula is C18H23ClO4. The van der Waals surface area contributed by atoms with E-state index in [0.29, 0.717) is 28.5 Å². The lowest BCUT2D eigenvalue weighted by Gasteiger charge is -2.11. The third kappa shape index (κ3) is 5.26. The van der Waals surface area contributed by atoms with Gasteiger partial charge in [-0.05, 0) is 24.6 Å². The van der Waals surface area contributed by atoms with Crippen molar-refractivity contribution in [1.82, 2.24) is 0 Å². The number of cyclic esters (lactones) is 1. The topological polar surface area (TPSA) is 55.8 Å².